The Bertz CT molecular complexity index is 472. The Morgan fingerprint density at radius 3 is 2.68 bits per heavy atom. The van der Waals surface area contributed by atoms with Crippen molar-refractivity contribution in [3.63, 3.8) is 0 Å². The summed E-state index contributed by atoms with van der Waals surface area (Å²) >= 11 is 0.835. The van der Waals surface area contributed by atoms with Gasteiger partial charge in [-0.1, -0.05) is 11.3 Å². The Hall–Kier alpha value is -1.42. The number of hydroxylamine groups is 2. The first-order valence-corrected chi connectivity index (χ1v) is 5.97. The van der Waals surface area contributed by atoms with E-state index in [0.29, 0.717) is 5.13 Å². The fourth-order valence-electron chi connectivity index (χ4n) is 1.47. The van der Waals surface area contributed by atoms with Gasteiger partial charge >= 0.3 is 12.1 Å². The molecule has 10 heteroatoms. The molecule has 0 saturated carbocycles. The second-order valence-corrected chi connectivity index (χ2v) is 4.89. The molecule has 19 heavy (non-hydrogen) atoms. The number of alkyl halides is 3. The zero-order chi connectivity index (χ0) is 14.2. The highest BCUT2D eigenvalue weighted by molar-refractivity contribution is 7.14. The second-order valence-electron chi connectivity index (χ2n) is 3.94. The SMILES string of the molecule is CN(c1ncc(F)s1)C1CN(OC(=O)C(F)(F)F)C1. The molecule has 1 aliphatic rings. The van der Waals surface area contributed by atoms with Crippen molar-refractivity contribution in [3.05, 3.63) is 11.3 Å². The predicted molar refractivity (Wildman–Crippen MR) is 58.0 cm³/mol. The summed E-state index contributed by atoms with van der Waals surface area (Å²) < 4.78 is 48.6. The third kappa shape index (κ3) is 3.13. The maximum absolute atomic E-state index is 12.8. The van der Waals surface area contributed by atoms with E-state index in [1.807, 2.05) is 0 Å². The summed E-state index contributed by atoms with van der Waals surface area (Å²) in [7, 11) is 1.64. The van der Waals surface area contributed by atoms with Crippen molar-refractivity contribution in [1.82, 2.24) is 10.0 Å². The number of carbonyl (C=O) groups excluding carboxylic acids is 1. The number of anilines is 1. The van der Waals surface area contributed by atoms with E-state index in [-0.39, 0.29) is 19.1 Å². The van der Waals surface area contributed by atoms with E-state index in [2.05, 4.69) is 9.82 Å². The van der Waals surface area contributed by atoms with E-state index in [4.69, 9.17) is 0 Å². The van der Waals surface area contributed by atoms with Crippen LogP contribution in [0.5, 0.6) is 0 Å². The molecule has 2 heterocycles. The van der Waals surface area contributed by atoms with Gasteiger partial charge in [0.05, 0.1) is 25.3 Å². The summed E-state index contributed by atoms with van der Waals surface area (Å²) in [5, 5.41) is 0.881. The minimum absolute atomic E-state index is 0.111. The van der Waals surface area contributed by atoms with Crippen molar-refractivity contribution in [3.8, 4) is 0 Å². The molecule has 1 aliphatic heterocycles. The molecule has 0 bridgehead atoms. The zero-order valence-corrected chi connectivity index (χ0v) is 10.5. The van der Waals surface area contributed by atoms with Crippen LogP contribution >= 0.6 is 11.3 Å². The van der Waals surface area contributed by atoms with Crippen LogP contribution in [-0.2, 0) is 9.63 Å². The van der Waals surface area contributed by atoms with Gasteiger partial charge < -0.3 is 9.74 Å². The minimum atomic E-state index is -5.00. The van der Waals surface area contributed by atoms with Crippen molar-refractivity contribution in [2.45, 2.75) is 12.2 Å². The monoisotopic (exact) mass is 299 g/mol. The standard InChI is InChI=1S/C9H9F4N3O2S/c1-15(8-14-2-6(10)19-8)5-3-16(4-5)18-7(17)9(11,12)13/h2,5H,3-4H2,1H3. The van der Waals surface area contributed by atoms with Crippen molar-refractivity contribution in [1.29, 1.82) is 0 Å². The number of likely N-dealkylation sites (N-methyl/N-ethyl adjacent to an activating group) is 1. The number of hydrogen-bond acceptors (Lipinski definition) is 6. The van der Waals surface area contributed by atoms with Gasteiger partial charge in [0.1, 0.15) is 0 Å². The molecule has 1 aromatic heterocycles. The number of hydrogen-bond donors (Lipinski definition) is 0. The first-order chi connectivity index (χ1) is 8.77. The van der Waals surface area contributed by atoms with Crippen LogP contribution in [0, 0.1) is 5.13 Å². The van der Waals surface area contributed by atoms with Gasteiger partial charge in [0.15, 0.2) is 10.3 Å². The molecule has 0 amide bonds. The zero-order valence-electron chi connectivity index (χ0n) is 9.65. The van der Waals surface area contributed by atoms with Crippen molar-refractivity contribution < 1.29 is 27.2 Å². The van der Waals surface area contributed by atoms with E-state index < -0.39 is 17.3 Å². The van der Waals surface area contributed by atoms with E-state index >= 15 is 0 Å². The molecule has 5 nitrogen and oxygen atoms in total. The maximum Gasteiger partial charge on any atom is 0.492 e. The molecule has 1 aromatic rings. The Kier molecular flexibility index (Phi) is 3.63. The topological polar surface area (TPSA) is 45.7 Å². The Morgan fingerprint density at radius 2 is 2.21 bits per heavy atom. The lowest BCUT2D eigenvalue weighted by Gasteiger charge is -2.41. The molecule has 0 atom stereocenters. The second kappa shape index (κ2) is 4.93. The van der Waals surface area contributed by atoms with Crippen LogP contribution in [-0.4, -0.2) is 48.4 Å². The molecule has 0 aliphatic carbocycles. The third-order valence-electron chi connectivity index (χ3n) is 2.59. The van der Waals surface area contributed by atoms with Crippen LogP contribution in [0.25, 0.3) is 0 Å². The van der Waals surface area contributed by atoms with E-state index in [1.54, 1.807) is 11.9 Å². The van der Waals surface area contributed by atoms with E-state index in [0.717, 1.165) is 22.6 Å². The molecule has 1 saturated heterocycles. The van der Waals surface area contributed by atoms with Crippen LogP contribution < -0.4 is 4.90 Å². The van der Waals surface area contributed by atoms with Crippen LogP contribution in [0.3, 0.4) is 0 Å². The summed E-state index contributed by atoms with van der Waals surface area (Å²) in [4.78, 5) is 20.1. The molecular weight excluding hydrogens is 290 g/mol. The van der Waals surface area contributed by atoms with Crippen LogP contribution in [0.4, 0.5) is 22.7 Å². The van der Waals surface area contributed by atoms with Crippen LogP contribution in [0.2, 0.25) is 0 Å². The van der Waals surface area contributed by atoms with Gasteiger partial charge in [-0.25, -0.2) is 9.78 Å². The smallest absolute Gasteiger partial charge is 0.361 e. The molecule has 0 aromatic carbocycles. The number of nitrogens with zero attached hydrogens (tertiary/aromatic N) is 3. The molecule has 0 N–H and O–H groups in total. The summed E-state index contributed by atoms with van der Waals surface area (Å²) in [5.41, 5.74) is 0. The van der Waals surface area contributed by atoms with Crippen LogP contribution in [0.1, 0.15) is 0 Å². The summed E-state index contributed by atoms with van der Waals surface area (Å²) in [6.45, 7) is 0.221. The average molecular weight is 299 g/mol. The number of thiazole rings is 1. The van der Waals surface area contributed by atoms with Gasteiger partial charge in [0.25, 0.3) is 0 Å². The number of carbonyl (C=O) groups is 1. The van der Waals surface area contributed by atoms with Gasteiger partial charge in [-0.3, -0.25) is 0 Å². The van der Waals surface area contributed by atoms with E-state index in [9.17, 15) is 22.4 Å². The molecular formula is C9H9F4N3O2S. The lowest BCUT2D eigenvalue weighted by molar-refractivity contribution is -0.252. The van der Waals surface area contributed by atoms with Crippen molar-refractivity contribution in [2.24, 2.45) is 0 Å². The van der Waals surface area contributed by atoms with Gasteiger partial charge in [-0.15, -0.1) is 5.06 Å². The highest BCUT2D eigenvalue weighted by Crippen LogP contribution is 2.26. The molecule has 0 spiro atoms. The normalized spacial score (nSPS) is 17.1. The molecule has 0 unspecified atom stereocenters. The lowest BCUT2D eigenvalue weighted by Crippen LogP contribution is -2.59. The molecule has 1 fully saturated rings. The van der Waals surface area contributed by atoms with E-state index in [1.165, 1.54) is 0 Å². The Morgan fingerprint density at radius 1 is 1.58 bits per heavy atom. The third-order valence-corrected chi connectivity index (χ3v) is 3.46. The Labute approximate surface area is 109 Å². The largest absolute Gasteiger partial charge is 0.492 e. The minimum Gasteiger partial charge on any atom is -0.361 e. The summed E-state index contributed by atoms with van der Waals surface area (Å²) in [5.74, 6) is -2.24. The fourth-order valence-corrected chi connectivity index (χ4v) is 2.15. The first kappa shape index (κ1) is 14.0. The maximum atomic E-state index is 12.8. The van der Waals surface area contributed by atoms with Crippen LogP contribution in [0.15, 0.2) is 6.20 Å². The number of rotatable bonds is 3. The molecule has 0 radical (unpaired) electrons. The number of aromatic nitrogens is 1. The van der Waals surface area contributed by atoms with Gasteiger partial charge in [-0.05, 0) is 0 Å². The summed E-state index contributed by atoms with van der Waals surface area (Å²) in [6, 6.07) is -0.174. The van der Waals surface area contributed by atoms with Crippen molar-refractivity contribution >= 4 is 22.4 Å². The number of halogens is 4. The van der Waals surface area contributed by atoms with Gasteiger partial charge in [0, 0.05) is 7.05 Å². The Balaban J connectivity index is 1.82. The molecule has 2 rings (SSSR count). The fraction of sp³-hybridized carbons (Fsp3) is 0.556. The first-order valence-electron chi connectivity index (χ1n) is 5.15. The molecule has 106 valence electrons. The highest BCUT2D eigenvalue weighted by Gasteiger charge is 2.45. The van der Waals surface area contributed by atoms with Crippen molar-refractivity contribution in [2.75, 3.05) is 25.0 Å². The average Bonchev–Trinajstić information content (AvgIpc) is 2.67. The van der Waals surface area contributed by atoms with Gasteiger partial charge in [0.2, 0.25) is 0 Å². The lowest BCUT2D eigenvalue weighted by atomic mass is 10.1. The summed E-state index contributed by atoms with van der Waals surface area (Å²) in [6.07, 6.45) is -3.94. The predicted octanol–water partition coefficient (Wildman–Crippen LogP) is 1.42. The quantitative estimate of drug-likeness (QED) is 0.790. The highest BCUT2D eigenvalue weighted by atomic mass is 32.1. The van der Waals surface area contributed by atoms with Gasteiger partial charge in [-0.2, -0.15) is 17.6 Å².